The Kier molecular flexibility index (Phi) is 3.92. The van der Waals surface area contributed by atoms with Crippen molar-refractivity contribution in [2.45, 2.75) is 19.4 Å². The fourth-order valence-corrected chi connectivity index (χ4v) is 3.51. The molecular formula is C20H20N2O3. The lowest BCUT2D eigenvalue weighted by atomic mass is 10.1. The van der Waals surface area contributed by atoms with Crippen LogP contribution in [-0.2, 0) is 16.0 Å². The number of fused-ring (bicyclic) bond motifs is 1. The van der Waals surface area contributed by atoms with Crippen molar-refractivity contribution in [1.82, 2.24) is 4.90 Å². The van der Waals surface area contributed by atoms with Crippen LogP contribution >= 0.6 is 0 Å². The average molecular weight is 336 g/mol. The average Bonchev–Trinajstić information content (AvgIpc) is 3.06. The van der Waals surface area contributed by atoms with Gasteiger partial charge in [-0.2, -0.15) is 0 Å². The maximum atomic E-state index is 12.8. The van der Waals surface area contributed by atoms with E-state index >= 15 is 0 Å². The lowest BCUT2D eigenvalue weighted by Gasteiger charge is -2.35. The molecule has 1 fully saturated rings. The number of amides is 2. The monoisotopic (exact) mass is 336 g/mol. The number of carbonyl (C=O) groups is 2. The molecule has 2 aliphatic rings. The molecule has 0 radical (unpaired) electrons. The summed E-state index contributed by atoms with van der Waals surface area (Å²) in [7, 11) is 0. The summed E-state index contributed by atoms with van der Waals surface area (Å²) >= 11 is 0. The molecule has 2 aromatic rings. The molecule has 2 aliphatic heterocycles. The number of para-hydroxylation sites is 2. The van der Waals surface area contributed by atoms with E-state index in [0.717, 1.165) is 22.6 Å². The Bertz CT molecular complexity index is 808. The maximum absolute atomic E-state index is 12.8. The van der Waals surface area contributed by atoms with E-state index in [4.69, 9.17) is 4.74 Å². The van der Waals surface area contributed by atoms with Crippen molar-refractivity contribution < 1.29 is 14.3 Å². The highest BCUT2D eigenvalue weighted by molar-refractivity contribution is 5.99. The molecule has 0 spiro atoms. The highest BCUT2D eigenvalue weighted by Crippen LogP contribution is 2.29. The Morgan fingerprint density at radius 3 is 2.60 bits per heavy atom. The number of aryl methyl sites for hydroxylation is 1. The van der Waals surface area contributed by atoms with Crippen LogP contribution in [0.3, 0.4) is 0 Å². The summed E-state index contributed by atoms with van der Waals surface area (Å²) in [6, 6.07) is 15.5. The molecule has 2 heterocycles. The molecule has 0 bridgehead atoms. The number of hydrogen-bond acceptors (Lipinski definition) is 3. The van der Waals surface area contributed by atoms with Crippen LogP contribution in [0.25, 0.3) is 0 Å². The van der Waals surface area contributed by atoms with Gasteiger partial charge in [0.05, 0.1) is 0 Å². The number of anilines is 1. The molecule has 0 aliphatic carbocycles. The van der Waals surface area contributed by atoms with Gasteiger partial charge >= 0.3 is 0 Å². The number of rotatable bonds is 2. The van der Waals surface area contributed by atoms with E-state index in [1.165, 1.54) is 0 Å². The first-order chi connectivity index (χ1) is 12.1. The summed E-state index contributed by atoms with van der Waals surface area (Å²) in [5, 5.41) is 0. The quantitative estimate of drug-likeness (QED) is 0.845. The van der Waals surface area contributed by atoms with E-state index in [1.807, 2.05) is 55.5 Å². The smallest absolute Gasteiger partial charge is 0.264 e. The summed E-state index contributed by atoms with van der Waals surface area (Å²) in [6.45, 7) is 3.12. The highest BCUT2D eigenvalue weighted by Gasteiger charge is 2.36. The largest absolute Gasteiger partial charge is 0.480 e. The van der Waals surface area contributed by atoms with Gasteiger partial charge in [0.15, 0.2) is 6.10 Å². The van der Waals surface area contributed by atoms with E-state index in [1.54, 1.807) is 9.80 Å². The standard InChI is InChI=1S/C20H20N2O3/c1-14-6-2-4-8-16(14)22-11-10-21(13-19(22)23)20(24)18-12-15-7-3-5-9-17(15)25-18/h2-9,18H,10-13H2,1H3/t18-/m0/s1. The number of carbonyl (C=O) groups excluding carboxylic acids is 2. The second kappa shape index (κ2) is 6.24. The Morgan fingerprint density at radius 2 is 1.84 bits per heavy atom. The molecule has 0 aromatic heterocycles. The Balaban J connectivity index is 1.44. The summed E-state index contributed by atoms with van der Waals surface area (Å²) in [5.74, 6) is 0.615. The predicted molar refractivity (Wildman–Crippen MR) is 94.7 cm³/mol. The molecular weight excluding hydrogens is 316 g/mol. The van der Waals surface area contributed by atoms with E-state index in [-0.39, 0.29) is 18.4 Å². The third-order valence-corrected chi connectivity index (χ3v) is 4.86. The van der Waals surface area contributed by atoms with Crippen LogP contribution in [0.2, 0.25) is 0 Å². The Hall–Kier alpha value is -2.82. The first-order valence-electron chi connectivity index (χ1n) is 8.53. The molecule has 5 heteroatoms. The number of hydrogen-bond donors (Lipinski definition) is 0. The number of piperazine rings is 1. The molecule has 0 saturated carbocycles. The molecule has 0 N–H and O–H groups in total. The SMILES string of the molecule is Cc1ccccc1N1CCN(C(=O)[C@@H]2Cc3ccccc3O2)CC1=O. The lowest BCUT2D eigenvalue weighted by molar-refractivity contribution is -0.142. The molecule has 1 saturated heterocycles. The summed E-state index contributed by atoms with van der Waals surface area (Å²) < 4.78 is 5.77. The lowest BCUT2D eigenvalue weighted by Crippen LogP contribution is -2.55. The minimum Gasteiger partial charge on any atom is -0.480 e. The fourth-order valence-electron chi connectivity index (χ4n) is 3.51. The van der Waals surface area contributed by atoms with Gasteiger partial charge in [0, 0.05) is 25.2 Å². The van der Waals surface area contributed by atoms with Crippen molar-refractivity contribution in [1.29, 1.82) is 0 Å². The van der Waals surface area contributed by atoms with Gasteiger partial charge in [0.25, 0.3) is 5.91 Å². The van der Waals surface area contributed by atoms with Gasteiger partial charge in [0.2, 0.25) is 5.91 Å². The minimum atomic E-state index is -0.518. The van der Waals surface area contributed by atoms with Crippen molar-refractivity contribution in [3.8, 4) is 5.75 Å². The van der Waals surface area contributed by atoms with Gasteiger partial charge in [-0.1, -0.05) is 36.4 Å². The van der Waals surface area contributed by atoms with E-state index in [0.29, 0.717) is 19.5 Å². The second-order valence-corrected chi connectivity index (χ2v) is 6.51. The predicted octanol–water partition coefficient (Wildman–Crippen LogP) is 2.17. The van der Waals surface area contributed by atoms with Crippen LogP contribution in [0.15, 0.2) is 48.5 Å². The van der Waals surface area contributed by atoms with Crippen LogP contribution < -0.4 is 9.64 Å². The first kappa shape index (κ1) is 15.7. The van der Waals surface area contributed by atoms with Crippen molar-refractivity contribution in [2.24, 2.45) is 0 Å². The Morgan fingerprint density at radius 1 is 1.08 bits per heavy atom. The van der Waals surface area contributed by atoms with Gasteiger partial charge < -0.3 is 14.5 Å². The minimum absolute atomic E-state index is 0.0515. The van der Waals surface area contributed by atoms with Gasteiger partial charge in [-0.3, -0.25) is 9.59 Å². The molecule has 4 rings (SSSR count). The third kappa shape index (κ3) is 2.86. The highest BCUT2D eigenvalue weighted by atomic mass is 16.5. The van der Waals surface area contributed by atoms with Crippen LogP contribution in [-0.4, -0.2) is 42.5 Å². The van der Waals surface area contributed by atoms with Crippen molar-refractivity contribution in [3.63, 3.8) is 0 Å². The van der Waals surface area contributed by atoms with Gasteiger partial charge in [-0.25, -0.2) is 0 Å². The Labute approximate surface area is 146 Å². The third-order valence-electron chi connectivity index (χ3n) is 4.86. The van der Waals surface area contributed by atoms with Crippen LogP contribution in [0.4, 0.5) is 5.69 Å². The number of benzene rings is 2. The normalized spacial score (nSPS) is 19.6. The molecule has 0 unspecified atom stereocenters. The maximum Gasteiger partial charge on any atom is 0.264 e. The van der Waals surface area contributed by atoms with Crippen LogP contribution in [0.5, 0.6) is 5.75 Å². The van der Waals surface area contributed by atoms with E-state index < -0.39 is 6.10 Å². The summed E-state index contributed by atoms with van der Waals surface area (Å²) in [4.78, 5) is 28.7. The van der Waals surface area contributed by atoms with Crippen LogP contribution in [0, 0.1) is 6.92 Å². The summed E-state index contributed by atoms with van der Waals surface area (Å²) in [5.41, 5.74) is 3.03. The molecule has 2 aromatic carbocycles. The van der Waals surface area contributed by atoms with Gasteiger partial charge in [0.1, 0.15) is 12.3 Å². The van der Waals surface area contributed by atoms with Crippen molar-refractivity contribution in [3.05, 3.63) is 59.7 Å². The number of nitrogens with zero attached hydrogens (tertiary/aromatic N) is 2. The van der Waals surface area contributed by atoms with Crippen molar-refractivity contribution in [2.75, 3.05) is 24.5 Å². The zero-order chi connectivity index (χ0) is 17.4. The fraction of sp³-hybridized carbons (Fsp3) is 0.300. The molecule has 25 heavy (non-hydrogen) atoms. The molecule has 1 atom stereocenters. The van der Waals surface area contributed by atoms with E-state index in [2.05, 4.69) is 0 Å². The first-order valence-corrected chi connectivity index (χ1v) is 8.53. The van der Waals surface area contributed by atoms with Gasteiger partial charge in [-0.15, -0.1) is 0 Å². The van der Waals surface area contributed by atoms with Crippen molar-refractivity contribution >= 4 is 17.5 Å². The zero-order valence-corrected chi connectivity index (χ0v) is 14.1. The van der Waals surface area contributed by atoms with E-state index in [9.17, 15) is 9.59 Å². The second-order valence-electron chi connectivity index (χ2n) is 6.51. The molecule has 128 valence electrons. The number of ether oxygens (including phenoxy) is 1. The molecule has 5 nitrogen and oxygen atoms in total. The zero-order valence-electron chi connectivity index (χ0n) is 14.1. The topological polar surface area (TPSA) is 49.9 Å². The van der Waals surface area contributed by atoms with Crippen LogP contribution in [0.1, 0.15) is 11.1 Å². The molecule has 2 amide bonds. The van der Waals surface area contributed by atoms with Gasteiger partial charge in [-0.05, 0) is 30.2 Å². The summed E-state index contributed by atoms with van der Waals surface area (Å²) in [6.07, 6.45) is 0.0523.